The van der Waals surface area contributed by atoms with E-state index in [-0.39, 0.29) is 16.2 Å². The predicted molar refractivity (Wildman–Crippen MR) is 111 cm³/mol. The third-order valence-electron chi connectivity index (χ3n) is 4.23. The summed E-state index contributed by atoms with van der Waals surface area (Å²) in [6.45, 7) is 4.91. The van der Waals surface area contributed by atoms with Gasteiger partial charge in [-0.25, -0.2) is 18.2 Å². The molecular weight excluding hydrogens is 430 g/mol. The number of carbonyl (C=O) groups excluding carboxylic acids is 2. The molecule has 1 aromatic heterocycles. The van der Waals surface area contributed by atoms with E-state index in [0.717, 1.165) is 0 Å². The fraction of sp³-hybridized carbons (Fsp3) is 0.316. The first-order chi connectivity index (χ1) is 14.4. The van der Waals surface area contributed by atoms with Gasteiger partial charge in [0.25, 0.3) is 0 Å². The molecule has 30 heavy (non-hydrogen) atoms. The molecule has 1 N–H and O–H groups in total. The number of Topliss-reactive ketones (excluding diaryl/α,β-unsaturated/α-hetero) is 1. The van der Waals surface area contributed by atoms with Gasteiger partial charge in [-0.3, -0.25) is 4.79 Å². The highest BCUT2D eigenvalue weighted by Gasteiger charge is 2.26. The van der Waals surface area contributed by atoms with Crippen LogP contribution in [-0.2, 0) is 19.5 Å². The number of esters is 1. The lowest BCUT2D eigenvalue weighted by molar-refractivity contribution is 0.0470. The van der Waals surface area contributed by atoms with E-state index in [2.05, 4.69) is 16.9 Å². The van der Waals surface area contributed by atoms with E-state index in [1.54, 1.807) is 6.08 Å². The van der Waals surface area contributed by atoms with Crippen LogP contribution in [0.1, 0.15) is 20.8 Å². The van der Waals surface area contributed by atoms with Gasteiger partial charge in [-0.1, -0.05) is 6.08 Å². The quantitative estimate of drug-likeness (QED) is 0.349. The molecule has 1 aliphatic heterocycles. The van der Waals surface area contributed by atoms with Crippen LogP contribution in [0.25, 0.3) is 0 Å². The summed E-state index contributed by atoms with van der Waals surface area (Å²) < 4.78 is 36.8. The number of aromatic nitrogens is 1. The topological polar surface area (TPSA) is 115 Å². The van der Waals surface area contributed by atoms with Gasteiger partial charge in [0.05, 0.1) is 18.1 Å². The minimum absolute atomic E-state index is 0.0972. The number of benzene rings is 1. The van der Waals surface area contributed by atoms with E-state index in [9.17, 15) is 18.0 Å². The van der Waals surface area contributed by atoms with Crippen molar-refractivity contribution >= 4 is 38.2 Å². The molecule has 0 radical (unpaired) electrons. The molecule has 0 saturated carbocycles. The summed E-state index contributed by atoms with van der Waals surface area (Å²) in [7, 11) is -3.63. The first-order valence-corrected chi connectivity index (χ1v) is 11.4. The number of nitrogens with zero attached hydrogens (tertiary/aromatic N) is 2. The second kappa shape index (κ2) is 9.94. The molecule has 0 atom stereocenters. The zero-order chi connectivity index (χ0) is 21.6. The van der Waals surface area contributed by atoms with Gasteiger partial charge in [0.15, 0.2) is 23.2 Å². The minimum Gasteiger partial charge on any atom is -0.453 e. The number of hydrogen-bond acceptors (Lipinski definition) is 9. The Labute approximate surface area is 178 Å². The molecule has 1 aliphatic rings. The zero-order valence-electron chi connectivity index (χ0n) is 16.1. The molecule has 0 aliphatic carbocycles. The number of ketones is 1. The Balaban J connectivity index is 1.57. The smallest absolute Gasteiger partial charge is 0.358 e. The second-order valence-corrected chi connectivity index (χ2v) is 9.04. The fourth-order valence-corrected chi connectivity index (χ4v) is 4.74. The van der Waals surface area contributed by atoms with Crippen LogP contribution in [0.3, 0.4) is 0 Å². The molecule has 1 saturated heterocycles. The zero-order valence-corrected chi connectivity index (χ0v) is 17.7. The maximum Gasteiger partial charge on any atom is 0.358 e. The highest BCUT2D eigenvalue weighted by atomic mass is 32.2. The third-order valence-corrected chi connectivity index (χ3v) is 6.94. The monoisotopic (exact) mass is 451 g/mol. The summed E-state index contributed by atoms with van der Waals surface area (Å²) >= 11 is 1.24. The largest absolute Gasteiger partial charge is 0.453 e. The summed E-state index contributed by atoms with van der Waals surface area (Å²) in [5.41, 5.74) is 0.349. The Kier molecular flexibility index (Phi) is 7.32. The molecule has 11 heteroatoms. The van der Waals surface area contributed by atoms with Gasteiger partial charge in [0.1, 0.15) is 0 Å². The van der Waals surface area contributed by atoms with Gasteiger partial charge in [-0.05, 0) is 24.3 Å². The number of sulfonamides is 1. The van der Waals surface area contributed by atoms with Crippen molar-refractivity contribution in [3.63, 3.8) is 0 Å². The van der Waals surface area contributed by atoms with E-state index in [4.69, 9.17) is 9.47 Å². The molecule has 1 fully saturated rings. The lowest BCUT2D eigenvalue weighted by Crippen LogP contribution is -2.40. The van der Waals surface area contributed by atoms with Gasteiger partial charge < -0.3 is 14.8 Å². The lowest BCUT2D eigenvalue weighted by atomic mass is 10.1. The van der Waals surface area contributed by atoms with Crippen LogP contribution < -0.4 is 5.32 Å². The SMILES string of the molecule is C=CCNc1nc(C(=O)OCC(=O)c2ccc(S(=O)(=O)N3CCOCC3)cc2)cs1. The number of thiazole rings is 1. The van der Waals surface area contributed by atoms with Crippen molar-refractivity contribution in [3.05, 3.63) is 53.6 Å². The average molecular weight is 452 g/mol. The van der Waals surface area contributed by atoms with Gasteiger partial charge in [0.2, 0.25) is 10.0 Å². The average Bonchev–Trinajstić information content (AvgIpc) is 3.25. The maximum atomic E-state index is 12.6. The Bertz CT molecular complexity index is 1010. The van der Waals surface area contributed by atoms with Crippen LogP contribution in [-0.4, -0.2) is 68.9 Å². The molecular formula is C19H21N3O6S2. The summed E-state index contributed by atoms with van der Waals surface area (Å²) in [6.07, 6.45) is 1.66. The molecule has 0 bridgehead atoms. The highest BCUT2D eigenvalue weighted by Crippen LogP contribution is 2.19. The number of anilines is 1. The van der Waals surface area contributed by atoms with E-state index in [1.165, 1.54) is 45.3 Å². The van der Waals surface area contributed by atoms with E-state index in [0.29, 0.717) is 38.0 Å². The van der Waals surface area contributed by atoms with Crippen molar-refractivity contribution in [1.82, 2.24) is 9.29 Å². The van der Waals surface area contributed by atoms with Crippen LogP contribution in [0.4, 0.5) is 5.13 Å². The normalized spacial score (nSPS) is 14.8. The standard InChI is InChI=1S/C19H21N3O6S2/c1-2-7-20-19-21-16(13-29-19)18(24)28-12-17(23)14-3-5-15(6-4-14)30(25,26)22-8-10-27-11-9-22/h2-6,13H,1,7-12H2,(H,20,21). The fourth-order valence-electron chi connectivity index (χ4n) is 2.65. The Morgan fingerprint density at radius 2 is 1.97 bits per heavy atom. The van der Waals surface area contributed by atoms with Gasteiger partial charge in [-0.2, -0.15) is 4.31 Å². The second-order valence-electron chi connectivity index (χ2n) is 6.25. The van der Waals surface area contributed by atoms with Crippen molar-refractivity contribution < 1.29 is 27.5 Å². The lowest BCUT2D eigenvalue weighted by Gasteiger charge is -2.26. The molecule has 1 aromatic carbocycles. The van der Waals surface area contributed by atoms with Crippen LogP contribution in [0.15, 0.2) is 47.2 Å². The van der Waals surface area contributed by atoms with Gasteiger partial charge in [-0.15, -0.1) is 17.9 Å². The molecule has 0 amide bonds. The summed E-state index contributed by atoms with van der Waals surface area (Å²) in [5.74, 6) is -1.16. The highest BCUT2D eigenvalue weighted by molar-refractivity contribution is 7.89. The molecule has 0 unspecified atom stereocenters. The summed E-state index contributed by atoms with van der Waals surface area (Å²) in [6, 6.07) is 5.56. The van der Waals surface area contributed by atoms with Crippen LogP contribution in [0.5, 0.6) is 0 Å². The number of morpholine rings is 1. The molecule has 0 spiro atoms. The van der Waals surface area contributed by atoms with Crippen LogP contribution in [0, 0.1) is 0 Å². The summed E-state index contributed by atoms with van der Waals surface area (Å²) in [4.78, 5) is 28.5. The molecule has 2 aromatic rings. The number of ether oxygens (including phenoxy) is 2. The Hall–Kier alpha value is -2.60. The first kappa shape index (κ1) is 22.1. The van der Waals surface area contributed by atoms with Crippen LogP contribution >= 0.6 is 11.3 Å². The number of hydrogen-bond donors (Lipinski definition) is 1. The number of carbonyl (C=O) groups is 2. The van der Waals surface area contributed by atoms with Crippen LogP contribution in [0.2, 0.25) is 0 Å². The first-order valence-electron chi connectivity index (χ1n) is 9.10. The van der Waals surface area contributed by atoms with Crippen molar-refractivity contribution in [2.24, 2.45) is 0 Å². The van der Waals surface area contributed by atoms with Crippen molar-refractivity contribution in [3.8, 4) is 0 Å². The van der Waals surface area contributed by atoms with Gasteiger partial charge >= 0.3 is 5.97 Å². The minimum atomic E-state index is -3.63. The number of nitrogens with one attached hydrogen (secondary N) is 1. The van der Waals surface area contributed by atoms with Crippen molar-refractivity contribution in [1.29, 1.82) is 0 Å². The van der Waals surface area contributed by atoms with Crippen molar-refractivity contribution in [2.75, 3.05) is 44.8 Å². The van der Waals surface area contributed by atoms with E-state index < -0.39 is 28.4 Å². The Morgan fingerprint density at radius 3 is 2.63 bits per heavy atom. The predicted octanol–water partition coefficient (Wildman–Crippen LogP) is 1.80. The molecule has 160 valence electrons. The van der Waals surface area contributed by atoms with E-state index >= 15 is 0 Å². The van der Waals surface area contributed by atoms with E-state index in [1.807, 2.05) is 0 Å². The summed E-state index contributed by atoms with van der Waals surface area (Å²) in [5, 5.41) is 5.03. The van der Waals surface area contributed by atoms with Crippen molar-refractivity contribution in [2.45, 2.75) is 4.90 Å². The third kappa shape index (κ3) is 5.30. The molecule has 2 heterocycles. The molecule has 9 nitrogen and oxygen atoms in total. The maximum absolute atomic E-state index is 12.6. The molecule has 3 rings (SSSR count). The Morgan fingerprint density at radius 1 is 1.27 bits per heavy atom. The van der Waals surface area contributed by atoms with Gasteiger partial charge in [0, 0.05) is 30.6 Å². The number of rotatable bonds is 9.